The summed E-state index contributed by atoms with van der Waals surface area (Å²) < 4.78 is 5.30. The van der Waals surface area contributed by atoms with Crippen LogP contribution in [0.4, 0.5) is 0 Å². The second kappa shape index (κ2) is 11.6. The minimum Gasteiger partial charge on any atom is -0.497 e. The Labute approximate surface area is 176 Å². The van der Waals surface area contributed by atoms with Crippen LogP contribution in [0.15, 0.2) is 29.3 Å². The molecule has 0 aromatic heterocycles. The summed E-state index contributed by atoms with van der Waals surface area (Å²) in [5, 5.41) is 6.92. The van der Waals surface area contributed by atoms with Crippen molar-refractivity contribution in [3.05, 3.63) is 29.8 Å². The first kappa shape index (κ1) is 23.0. The van der Waals surface area contributed by atoms with E-state index in [2.05, 4.69) is 65.7 Å². The lowest BCUT2D eigenvalue weighted by molar-refractivity contribution is 0.122. The zero-order chi connectivity index (χ0) is 18.2. The van der Waals surface area contributed by atoms with Crippen LogP contribution in [0.3, 0.4) is 0 Å². The molecule has 0 radical (unpaired) electrons. The third kappa shape index (κ3) is 6.61. The van der Waals surface area contributed by atoms with Gasteiger partial charge in [-0.15, -0.1) is 24.0 Å². The number of likely N-dealkylation sites (tertiary alicyclic amines) is 1. The van der Waals surface area contributed by atoms with Gasteiger partial charge in [-0.3, -0.25) is 9.89 Å². The molecule has 1 saturated heterocycles. The molecule has 0 aliphatic carbocycles. The Hall–Kier alpha value is -1.02. The summed E-state index contributed by atoms with van der Waals surface area (Å²) in [7, 11) is 5.78. The Morgan fingerprint density at radius 3 is 2.54 bits per heavy atom. The van der Waals surface area contributed by atoms with Gasteiger partial charge in [-0.2, -0.15) is 0 Å². The maximum absolute atomic E-state index is 5.30. The Kier molecular flexibility index (Phi) is 10.3. The van der Waals surface area contributed by atoms with Crippen molar-refractivity contribution >= 4 is 29.9 Å². The fourth-order valence-electron chi connectivity index (χ4n) is 3.55. The number of nitrogens with zero attached hydrogens (tertiary/aromatic N) is 2. The van der Waals surface area contributed by atoms with Gasteiger partial charge in [-0.05, 0) is 56.0 Å². The van der Waals surface area contributed by atoms with E-state index in [0.717, 1.165) is 31.3 Å². The maximum atomic E-state index is 5.30. The van der Waals surface area contributed by atoms with E-state index in [4.69, 9.17) is 4.74 Å². The van der Waals surface area contributed by atoms with Gasteiger partial charge < -0.3 is 15.4 Å². The zero-order valence-corrected chi connectivity index (χ0v) is 19.1. The van der Waals surface area contributed by atoms with Gasteiger partial charge in [0.05, 0.1) is 7.11 Å². The molecule has 1 aromatic carbocycles. The number of aliphatic imine (C=N–C) groups is 1. The molecule has 5 nitrogen and oxygen atoms in total. The second-order valence-corrected chi connectivity index (χ2v) is 7.33. The number of guanidine groups is 1. The van der Waals surface area contributed by atoms with Crippen LogP contribution < -0.4 is 15.4 Å². The van der Waals surface area contributed by atoms with Crippen molar-refractivity contribution in [1.82, 2.24) is 15.5 Å². The van der Waals surface area contributed by atoms with Crippen LogP contribution in [0.25, 0.3) is 0 Å². The molecule has 0 saturated carbocycles. The third-order valence-electron chi connectivity index (χ3n) is 4.90. The summed E-state index contributed by atoms with van der Waals surface area (Å²) in [5.74, 6) is 2.97. The zero-order valence-electron chi connectivity index (χ0n) is 16.8. The minimum absolute atomic E-state index is 0. The highest BCUT2D eigenvalue weighted by Crippen LogP contribution is 2.35. The minimum atomic E-state index is 0. The smallest absolute Gasteiger partial charge is 0.190 e. The summed E-state index contributed by atoms with van der Waals surface area (Å²) in [6.07, 6.45) is 2.47. The summed E-state index contributed by atoms with van der Waals surface area (Å²) in [6.45, 7) is 7.42. The van der Waals surface area contributed by atoms with Crippen molar-refractivity contribution in [2.24, 2.45) is 16.8 Å². The van der Waals surface area contributed by atoms with Crippen LogP contribution in [0, 0.1) is 11.8 Å². The highest BCUT2D eigenvalue weighted by atomic mass is 127. The van der Waals surface area contributed by atoms with Gasteiger partial charge in [0, 0.05) is 26.2 Å². The predicted molar refractivity (Wildman–Crippen MR) is 121 cm³/mol. The Morgan fingerprint density at radius 2 is 1.96 bits per heavy atom. The average molecular weight is 474 g/mol. The Balaban J connectivity index is 0.00000338. The molecule has 0 bridgehead atoms. The van der Waals surface area contributed by atoms with Crippen molar-refractivity contribution in [3.63, 3.8) is 0 Å². The number of hydrogen-bond acceptors (Lipinski definition) is 3. The van der Waals surface area contributed by atoms with Crippen LogP contribution in [-0.2, 0) is 0 Å². The van der Waals surface area contributed by atoms with E-state index < -0.39 is 0 Å². The standard InChI is InChI=1S/C20H34N4O.HI/c1-15(2)13-22-20(21-3)23-14-17-7-6-12-24(4)19(17)16-8-10-18(25-5)11-9-16;/h8-11,15,17,19H,6-7,12-14H2,1-5H3,(H2,21,22,23);1H. The lowest BCUT2D eigenvalue weighted by Gasteiger charge is -2.40. The SMILES string of the molecule is CN=C(NCC(C)C)NCC1CCCN(C)C1c1ccc(OC)cc1.I. The molecule has 0 spiro atoms. The van der Waals surface area contributed by atoms with Crippen LogP contribution in [0.1, 0.15) is 38.3 Å². The van der Waals surface area contributed by atoms with Crippen molar-refractivity contribution in [3.8, 4) is 5.75 Å². The average Bonchev–Trinajstić information content (AvgIpc) is 2.62. The highest BCUT2D eigenvalue weighted by molar-refractivity contribution is 14.0. The molecule has 1 heterocycles. The molecule has 2 unspecified atom stereocenters. The van der Waals surface area contributed by atoms with E-state index in [9.17, 15) is 0 Å². The quantitative estimate of drug-likeness (QED) is 0.377. The topological polar surface area (TPSA) is 48.9 Å². The van der Waals surface area contributed by atoms with E-state index in [1.54, 1.807) is 7.11 Å². The molecule has 26 heavy (non-hydrogen) atoms. The molecule has 0 amide bonds. The molecular weight excluding hydrogens is 439 g/mol. The number of rotatable bonds is 6. The number of methoxy groups -OCH3 is 1. The van der Waals surface area contributed by atoms with Gasteiger partial charge >= 0.3 is 0 Å². The number of piperidine rings is 1. The number of nitrogens with one attached hydrogen (secondary N) is 2. The van der Waals surface area contributed by atoms with Crippen molar-refractivity contribution in [2.45, 2.75) is 32.7 Å². The van der Waals surface area contributed by atoms with Gasteiger partial charge in [0.15, 0.2) is 5.96 Å². The monoisotopic (exact) mass is 474 g/mol. The van der Waals surface area contributed by atoms with Crippen LogP contribution in [0.2, 0.25) is 0 Å². The van der Waals surface area contributed by atoms with Gasteiger partial charge in [0.2, 0.25) is 0 Å². The number of hydrogen-bond donors (Lipinski definition) is 2. The van der Waals surface area contributed by atoms with E-state index in [0.29, 0.717) is 17.9 Å². The Morgan fingerprint density at radius 1 is 1.27 bits per heavy atom. The summed E-state index contributed by atoms with van der Waals surface area (Å²) in [4.78, 5) is 6.82. The number of ether oxygens (including phenoxy) is 1. The number of halogens is 1. The maximum Gasteiger partial charge on any atom is 0.190 e. The summed E-state index contributed by atoms with van der Waals surface area (Å²) in [6, 6.07) is 8.95. The molecule has 148 valence electrons. The third-order valence-corrected chi connectivity index (χ3v) is 4.90. The summed E-state index contributed by atoms with van der Waals surface area (Å²) >= 11 is 0. The van der Waals surface area contributed by atoms with E-state index in [-0.39, 0.29) is 24.0 Å². The van der Waals surface area contributed by atoms with Crippen molar-refractivity contribution in [2.75, 3.05) is 40.8 Å². The van der Waals surface area contributed by atoms with E-state index in [1.165, 1.54) is 18.4 Å². The highest BCUT2D eigenvalue weighted by Gasteiger charge is 2.30. The molecule has 2 atom stereocenters. The predicted octanol–water partition coefficient (Wildman–Crippen LogP) is 3.52. The van der Waals surface area contributed by atoms with Crippen LogP contribution in [-0.4, -0.2) is 51.7 Å². The first-order chi connectivity index (χ1) is 12.0. The van der Waals surface area contributed by atoms with E-state index >= 15 is 0 Å². The molecule has 2 N–H and O–H groups in total. The fraction of sp³-hybridized carbons (Fsp3) is 0.650. The van der Waals surface area contributed by atoms with Gasteiger partial charge in [-0.1, -0.05) is 26.0 Å². The first-order valence-electron chi connectivity index (χ1n) is 9.33. The molecular formula is C20H35IN4O. The lowest BCUT2D eigenvalue weighted by Crippen LogP contribution is -2.45. The van der Waals surface area contributed by atoms with Crippen LogP contribution in [0.5, 0.6) is 5.75 Å². The van der Waals surface area contributed by atoms with E-state index in [1.807, 2.05) is 7.05 Å². The summed E-state index contributed by atoms with van der Waals surface area (Å²) in [5.41, 5.74) is 1.36. The molecule has 1 aliphatic heterocycles. The van der Waals surface area contributed by atoms with Crippen molar-refractivity contribution in [1.29, 1.82) is 0 Å². The normalized spacial score (nSPS) is 21.2. The van der Waals surface area contributed by atoms with Gasteiger partial charge in [-0.25, -0.2) is 0 Å². The molecule has 2 rings (SSSR count). The molecule has 1 aromatic rings. The van der Waals surface area contributed by atoms with Gasteiger partial charge in [0.25, 0.3) is 0 Å². The molecule has 1 fully saturated rings. The molecule has 1 aliphatic rings. The molecule has 6 heteroatoms. The second-order valence-electron chi connectivity index (χ2n) is 7.33. The lowest BCUT2D eigenvalue weighted by atomic mass is 9.85. The Bertz CT molecular complexity index is 547. The number of benzene rings is 1. The van der Waals surface area contributed by atoms with Gasteiger partial charge in [0.1, 0.15) is 5.75 Å². The van der Waals surface area contributed by atoms with Crippen molar-refractivity contribution < 1.29 is 4.74 Å². The van der Waals surface area contributed by atoms with Crippen LogP contribution >= 0.6 is 24.0 Å². The largest absolute Gasteiger partial charge is 0.497 e. The fourth-order valence-corrected chi connectivity index (χ4v) is 3.55. The first-order valence-corrected chi connectivity index (χ1v) is 9.33.